The van der Waals surface area contributed by atoms with E-state index in [0.717, 1.165) is 22.4 Å². The largest absolute Gasteiger partial charge is 0.489 e. The van der Waals surface area contributed by atoms with Crippen LogP contribution in [-0.2, 0) is 15.0 Å². The maximum Gasteiger partial charge on any atom is 0.283 e. The van der Waals surface area contributed by atoms with Crippen molar-refractivity contribution in [3.05, 3.63) is 59.8 Å². The van der Waals surface area contributed by atoms with Gasteiger partial charge in [-0.05, 0) is 48.1 Å². The average molecular weight is 389 g/mol. The van der Waals surface area contributed by atoms with E-state index in [1.54, 1.807) is 6.20 Å². The van der Waals surface area contributed by atoms with Crippen LogP contribution in [0.5, 0.6) is 5.75 Å². The van der Waals surface area contributed by atoms with Crippen molar-refractivity contribution in [2.24, 2.45) is 27.1 Å². The molecular formula is C23H23N3O3. The molecule has 6 nitrogen and oxygen atoms in total. The smallest absolute Gasteiger partial charge is 0.283 e. The van der Waals surface area contributed by atoms with Gasteiger partial charge in [-0.25, -0.2) is 4.99 Å². The third-order valence-corrected chi connectivity index (χ3v) is 6.76. The highest BCUT2D eigenvalue weighted by Gasteiger charge is 2.70. The molecule has 1 aromatic rings. The average Bonchev–Trinajstić information content (AvgIpc) is 3.43. The van der Waals surface area contributed by atoms with Crippen LogP contribution in [0.15, 0.2) is 58.7 Å². The van der Waals surface area contributed by atoms with Crippen molar-refractivity contribution in [3.63, 3.8) is 0 Å². The Morgan fingerprint density at radius 2 is 1.97 bits per heavy atom. The molecule has 4 aliphatic heterocycles. The lowest BCUT2D eigenvalue weighted by molar-refractivity contribution is -0.220. The summed E-state index contributed by atoms with van der Waals surface area (Å²) < 4.78 is 18.1. The van der Waals surface area contributed by atoms with Gasteiger partial charge in [0, 0.05) is 18.0 Å². The van der Waals surface area contributed by atoms with E-state index in [1.807, 2.05) is 24.4 Å². The molecule has 4 heterocycles. The minimum absolute atomic E-state index is 0.0862. The van der Waals surface area contributed by atoms with Gasteiger partial charge >= 0.3 is 0 Å². The molecule has 1 saturated heterocycles. The first-order chi connectivity index (χ1) is 14.2. The Morgan fingerprint density at radius 3 is 2.69 bits per heavy atom. The molecule has 0 bridgehead atoms. The van der Waals surface area contributed by atoms with Crippen molar-refractivity contribution in [2.75, 3.05) is 19.8 Å². The summed E-state index contributed by atoms with van der Waals surface area (Å²) in [6, 6.07) is 6.57. The minimum atomic E-state index is -0.568. The molecule has 2 atom stereocenters. The van der Waals surface area contributed by atoms with Gasteiger partial charge < -0.3 is 19.9 Å². The monoisotopic (exact) mass is 389 g/mol. The van der Waals surface area contributed by atoms with Gasteiger partial charge in [0.1, 0.15) is 24.0 Å². The fraction of sp³-hybridized carbons (Fsp3) is 0.391. The first-order valence-electron chi connectivity index (χ1n) is 10.2. The number of benzene rings is 1. The van der Waals surface area contributed by atoms with Crippen molar-refractivity contribution < 1.29 is 14.2 Å². The number of fused-ring (bicyclic) bond motifs is 3. The molecule has 2 fully saturated rings. The highest BCUT2D eigenvalue weighted by atomic mass is 16.5. The Balaban J connectivity index is 1.52. The number of hydrogen-bond acceptors (Lipinski definition) is 6. The molecule has 148 valence electrons. The summed E-state index contributed by atoms with van der Waals surface area (Å²) in [6.07, 6.45) is 14.1. The Bertz CT molecular complexity index is 1010. The Kier molecular flexibility index (Phi) is 3.56. The van der Waals surface area contributed by atoms with Gasteiger partial charge in [-0.15, -0.1) is 0 Å². The number of amidine groups is 1. The Morgan fingerprint density at radius 1 is 1.07 bits per heavy atom. The van der Waals surface area contributed by atoms with Crippen LogP contribution >= 0.6 is 0 Å². The zero-order chi connectivity index (χ0) is 19.5. The molecule has 1 saturated carbocycles. The molecule has 2 unspecified atom stereocenters. The van der Waals surface area contributed by atoms with E-state index < -0.39 is 5.54 Å². The first-order valence-corrected chi connectivity index (χ1v) is 10.2. The van der Waals surface area contributed by atoms with Crippen LogP contribution in [0.25, 0.3) is 5.57 Å². The lowest BCUT2D eigenvalue weighted by Gasteiger charge is -2.57. The van der Waals surface area contributed by atoms with E-state index in [2.05, 4.69) is 29.3 Å². The molecule has 6 heteroatoms. The number of rotatable bonds is 2. The van der Waals surface area contributed by atoms with Crippen LogP contribution < -0.4 is 10.5 Å². The third-order valence-electron chi connectivity index (χ3n) is 6.76. The van der Waals surface area contributed by atoms with Gasteiger partial charge in [-0.3, -0.25) is 4.99 Å². The first kappa shape index (κ1) is 17.0. The van der Waals surface area contributed by atoms with Gasteiger partial charge in [-0.2, -0.15) is 0 Å². The fourth-order valence-corrected chi connectivity index (χ4v) is 5.04. The molecule has 0 aromatic heterocycles. The van der Waals surface area contributed by atoms with Crippen LogP contribution in [0.3, 0.4) is 0 Å². The SMILES string of the molecule is NC1=NC2(CO1)c1cc(C3=C/C=C/C=C/N=C3)ccc1OC(C1CC1)C21COC1. The summed E-state index contributed by atoms with van der Waals surface area (Å²) in [5, 5.41) is 0. The number of aliphatic imine (C=N–C) groups is 2. The fourth-order valence-electron chi connectivity index (χ4n) is 5.04. The number of nitrogens with zero attached hydrogens (tertiary/aromatic N) is 2. The second-order valence-electron chi connectivity index (χ2n) is 8.46. The van der Waals surface area contributed by atoms with Crippen molar-refractivity contribution in [3.8, 4) is 5.75 Å². The van der Waals surface area contributed by atoms with E-state index in [1.165, 1.54) is 12.8 Å². The Hall–Kier alpha value is -2.86. The molecule has 1 aliphatic carbocycles. The molecule has 29 heavy (non-hydrogen) atoms. The van der Waals surface area contributed by atoms with E-state index >= 15 is 0 Å². The third kappa shape index (κ3) is 2.38. The number of allylic oxidation sites excluding steroid dienone is 5. The van der Waals surface area contributed by atoms with Crippen molar-refractivity contribution in [2.45, 2.75) is 24.5 Å². The van der Waals surface area contributed by atoms with Crippen LogP contribution in [0.1, 0.15) is 24.0 Å². The van der Waals surface area contributed by atoms with Crippen LogP contribution in [0.4, 0.5) is 0 Å². The van der Waals surface area contributed by atoms with Crippen molar-refractivity contribution in [1.29, 1.82) is 0 Å². The second-order valence-corrected chi connectivity index (χ2v) is 8.46. The molecule has 5 aliphatic rings. The maximum absolute atomic E-state index is 6.60. The zero-order valence-corrected chi connectivity index (χ0v) is 16.1. The predicted octanol–water partition coefficient (Wildman–Crippen LogP) is 2.95. The molecule has 2 spiro atoms. The summed E-state index contributed by atoms with van der Waals surface area (Å²) in [4.78, 5) is 9.26. The summed E-state index contributed by atoms with van der Waals surface area (Å²) in [6.45, 7) is 1.67. The molecular weight excluding hydrogens is 366 g/mol. The summed E-state index contributed by atoms with van der Waals surface area (Å²) in [5.74, 6) is 1.43. The van der Waals surface area contributed by atoms with Gasteiger partial charge in [0.05, 0.1) is 18.6 Å². The highest BCUT2D eigenvalue weighted by molar-refractivity contribution is 6.10. The number of nitrogens with two attached hydrogens (primary N) is 1. The van der Waals surface area contributed by atoms with E-state index in [9.17, 15) is 0 Å². The van der Waals surface area contributed by atoms with Gasteiger partial charge in [0.25, 0.3) is 6.02 Å². The van der Waals surface area contributed by atoms with Crippen molar-refractivity contribution in [1.82, 2.24) is 0 Å². The van der Waals surface area contributed by atoms with Gasteiger partial charge in [0.15, 0.2) is 0 Å². The minimum Gasteiger partial charge on any atom is -0.489 e. The lowest BCUT2D eigenvalue weighted by atomic mass is 9.59. The maximum atomic E-state index is 6.60. The zero-order valence-electron chi connectivity index (χ0n) is 16.1. The van der Waals surface area contributed by atoms with Crippen LogP contribution in [-0.4, -0.2) is 38.2 Å². The molecule has 2 N–H and O–H groups in total. The molecule has 1 aromatic carbocycles. The quantitative estimate of drug-likeness (QED) is 0.844. The standard InChI is InChI=1S/C23H23N3O3/c24-21-26-23(14-28-21)18-10-16(17-4-2-1-3-9-25-11-17)7-8-19(18)29-20(15-5-6-15)22(23)12-27-13-22/h1-4,7-11,15,20H,5-6,12-14H2,(H2,24,26)/b2-1+,3-1?,4-2?,9-3+,17-4?,17-11?,25-9?,25-11?. The normalized spacial score (nSPS) is 33.4. The van der Waals surface area contributed by atoms with Crippen molar-refractivity contribution >= 4 is 17.8 Å². The molecule has 0 amide bonds. The second kappa shape index (κ2) is 6.07. The Labute approximate surface area is 169 Å². The molecule has 0 radical (unpaired) electrons. The van der Waals surface area contributed by atoms with E-state index in [4.69, 9.17) is 24.9 Å². The highest BCUT2D eigenvalue weighted by Crippen LogP contribution is 2.62. The lowest BCUT2D eigenvalue weighted by Crippen LogP contribution is -2.68. The van der Waals surface area contributed by atoms with E-state index in [0.29, 0.717) is 25.7 Å². The van der Waals surface area contributed by atoms with Gasteiger partial charge in [0.2, 0.25) is 0 Å². The topological polar surface area (TPSA) is 78.4 Å². The van der Waals surface area contributed by atoms with Crippen LogP contribution in [0, 0.1) is 11.3 Å². The number of hydrogen-bond donors (Lipinski definition) is 1. The number of ether oxygens (including phenoxy) is 3. The van der Waals surface area contributed by atoms with E-state index in [-0.39, 0.29) is 17.5 Å². The molecule has 6 rings (SSSR count). The van der Waals surface area contributed by atoms with Gasteiger partial charge in [-0.1, -0.05) is 24.3 Å². The summed E-state index contributed by atoms with van der Waals surface area (Å²) in [5.41, 5.74) is 8.38. The predicted molar refractivity (Wildman–Crippen MR) is 111 cm³/mol. The van der Waals surface area contributed by atoms with Crippen LogP contribution in [0.2, 0.25) is 0 Å². The summed E-state index contributed by atoms with van der Waals surface area (Å²) in [7, 11) is 0. The summed E-state index contributed by atoms with van der Waals surface area (Å²) >= 11 is 0.